The molecule has 0 saturated heterocycles. The molecule has 32 heavy (non-hydrogen) atoms. The van der Waals surface area contributed by atoms with Crippen molar-refractivity contribution >= 4 is 37.0 Å². The Balaban J connectivity index is 0. The van der Waals surface area contributed by atoms with E-state index >= 15 is 0 Å². The van der Waals surface area contributed by atoms with Crippen LogP contribution in [0, 0.1) is 6.07 Å². The second-order valence-corrected chi connectivity index (χ2v) is 9.27. The Morgan fingerprint density at radius 3 is 2.00 bits per heavy atom. The summed E-state index contributed by atoms with van der Waals surface area (Å²) >= 11 is 9.51. The van der Waals surface area contributed by atoms with Crippen LogP contribution in [-0.4, -0.2) is 27.3 Å². The van der Waals surface area contributed by atoms with Crippen molar-refractivity contribution in [2.24, 2.45) is 0 Å². The van der Waals surface area contributed by atoms with E-state index in [9.17, 15) is 25.2 Å². The number of halogens is 6. The third-order valence-electron chi connectivity index (χ3n) is 3.65. The molecule has 0 aliphatic carbocycles. The molecule has 12 heteroatoms. The Morgan fingerprint density at radius 1 is 1.06 bits per heavy atom. The van der Waals surface area contributed by atoms with Gasteiger partial charge in [-0.05, 0) is 32.0 Å². The van der Waals surface area contributed by atoms with Gasteiger partial charge in [-0.15, -0.1) is 35.4 Å². The van der Waals surface area contributed by atoms with E-state index in [1.807, 2.05) is 49.2 Å². The largest absolute Gasteiger partial charge is 3.00 e. The number of aromatic nitrogens is 1. The van der Waals surface area contributed by atoms with Gasteiger partial charge in [-0.2, -0.15) is 0 Å². The molecule has 1 heterocycles. The molecule has 2 rings (SSSR count). The molecule has 0 aliphatic rings. The van der Waals surface area contributed by atoms with Crippen molar-refractivity contribution in [1.29, 1.82) is 0 Å². The summed E-state index contributed by atoms with van der Waals surface area (Å²) < 4.78 is 59.8. The molecule has 0 saturated carbocycles. The van der Waals surface area contributed by atoms with E-state index in [0.717, 1.165) is 30.8 Å². The van der Waals surface area contributed by atoms with Crippen molar-refractivity contribution in [3.8, 4) is 11.3 Å². The molecule has 0 bridgehead atoms. The third-order valence-corrected chi connectivity index (χ3v) is 4.16. The molecule has 0 atom stereocenters. The molecule has 0 unspecified atom stereocenters. The summed E-state index contributed by atoms with van der Waals surface area (Å²) in [4.78, 5) is 6.30. The van der Waals surface area contributed by atoms with Crippen LogP contribution >= 0.6 is 20.0 Å². The molecule has 1 aromatic heterocycles. The molecule has 0 fully saturated rings. The fourth-order valence-electron chi connectivity index (χ4n) is 2.20. The average molecular weight is 701 g/mol. The quantitative estimate of drug-likeness (QED) is 0.0751. The van der Waals surface area contributed by atoms with Gasteiger partial charge in [0, 0.05) is 19.3 Å². The van der Waals surface area contributed by atoms with Gasteiger partial charge >= 0.3 is 55.4 Å². The predicted molar refractivity (Wildman–Crippen MR) is 124 cm³/mol. The van der Waals surface area contributed by atoms with Crippen LogP contribution in [0.2, 0.25) is 0 Å². The first-order valence-corrected chi connectivity index (χ1v) is 12.4. The first kappa shape index (κ1) is 33.4. The van der Waals surface area contributed by atoms with E-state index in [-0.39, 0.29) is 22.4 Å². The summed E-state index contributed by atoms with van der Waals surface area (Å²) in [5.41, 5.74) is 3.47. The van der Waals surface area contributed by atoms with Crippen LogP contribution < -0.4 is 0 Å². The number of unbranched alkanes of at least 4 members (excludes halogenated alkanes) is 1. The number of aryl methyl sites for hydroxylation is 1. The van der Waals surface area contributed by atoms with Gasteiger partial charge in [-0.25, -0.2) is 0 Å². The molecule has 0 amide bonds. The number of pyridine rings is 1. The maximum absolute atomic E-state index is 10.7. The van der Waals surface area contributed by atoms with Gasteiger partial charge in [0.25, 0.3) is 0 Å². The van der Waals surface area contributed by atoms with Crippen LogP contribution in [0.25, 0.3) is 11.3 Å². The van der Waals surface area contributed by atoms with Crippen molar-refractivity contribution < 1.29 is 47.6 Å². The van der Waals surface area contributed by atoms with E-state index in [2.05, 4.69) is 30.1 Å². The Bertz CT molecular complexity index is 793. The van der Waals surface area contributed by atoms with Crippen LogP contribution in [0.3, 0.4) is 0 Å². The minimum Gasteiger partial charge on any atom is 3.00 e. The molecular formula is C20H26AuF6N2PS2. The molecule has 1 aromatic carbocycles. The smallest absolute Gasteiger partial charge is 3.00 e. The molecule has 2 aromatic rings. The van der Waals surface area contributed by atoms with E-state index in [0.29, 0.717) is 4.32 Å². The van der Waals surface area contributed by atoms with Crippen molar-refractivity contribution in [3.05, 3.63) is 54.2 Å². The zero-order valence-electron chi connectivity index (χ0n) is 17.8. The average Bonchev–Trinajstić information content (AvgIpc) is 2.66. The molecule has 0 spiro atoms. The monoisotopic (exact) mass is 700 g/mol. The molecule has 0 radical (unpaired) electrons. The SMILES string of the molecule is CCCCc1cc[c-]c(-c2ccccn2)c1.CCN(CC)C(=S)[S-].F[P-](F)(F)(F)(F)F.[Au+3]. The van der Waals surface area contributed by atoms with Gasteiger partial charge < -0.3 is 34.7 Å². The van der Waals surface area contributed by atoms with Crippen LogP contribution in [0.5, 0.6) is 0 Å². The van der Waals surface area contributed by atoms with Crippen LogP contribution in [0.4, 0.5) is 25.2 Å². The van der Waals surface area contributed by atoms with E-state index in [4.69, 9.17) is 24.8 Å². The molecular weight excluding hydrogens is 674 g/mol. The minimum atomic E-state index is -10.7. The molecule has 2 nitrogen and oxygen atoms in total. The maximum Gasteiger partial charge on any atom is 3.00 e. The van der Waals surface area contributed by atoms with E-state index < -0.39 is 7.81 Å². The summed E-state index contributed by atoms with van der Waals surface area (Å²) in [7, 11) is -10.7. The Labute approximate surface area is 212 Å². The van der Waals surface area contributed by atoms with Gasteiger partial charge in [0.2, 0.25) is 0 Å². The first-order chi connectivity index (χ1) is 14.1. The molecule has 0 aliphatic heterocycles. The number of benzene rings is 1. The summed E-state index contributed by atoms with van der Waals surface area (Å²) in [5.74, 6) is 0. The fourth-order valence-corrected chi connectivity index (χ4v) is 2.72. The maximum atomic E-state index is 9.87. The normalized spacial score (nSPS) is 12.4. The van der Waals surface area contributed by atoms with Crippen molar-refractivity contribution in [1.82, 2.24) is 9.88 Å². The van der Waals surface area contributed by atoms with Crippen molar-refractivity contribution in [2.75, 3.05) is 13.1 Å². The number of nitrogens with zero attached hydrogens (tertiary/aromatic N) is 2. The summed E-state index contributed by atoms with van der Waals surface area (Å²) in [6, 6.07) is 15.5. The molecule has 0 N–H and O–H groups in total. The summed E-state index contributed by atoms with van der Waals surface area (Å²) in [5, 5.41) is 0. The van der Waals surface area contributed by atoms with Gasteiger partial charge in [0.1, 0.15) is 0 Å². The third kappa shape index (κ3) is 21.1. The van der Waals surface area contributed by atoms with Crippen LogP contribution in [0.1, 0.15) is 39.2 Å². The van der Waals surface area contributed by atoms with Gasteiger partial charge in [-0.3, -0.25) is 0 Å². The second kappa shape index (κ2) is 13.8. The number of hydrogen-bond acceptors (Lipinski definition) is 3. The Kier molecular flexibility index (Phi) is 14.4. The zero-order valence-corrected chi connectivity index (χ0v) is 22.5. The standard InChI is InChI=1S/C15H16N.C5H11NS2.Au.F6P/c1-2-3-7-13-8-6-9-14(12-13)15-10-4-5-11-16-15;1-3-6(4-2)5(7)8;;1-7(2,3,4,5)6/h4-6,8,10-12H,2-3,7H2,1H3;3-4H2,1-2H3,(H,7,8);;/q-1;;+3;-1/p-1. The number of thiocarbonyl (C=S) groups is 1. The minimum absolute atomic E-state index is 0. The Morgan fingerprint density at radius 2 is 1.62 bits per heavy atom. The Hall–Kier alpha value is -0.770. The summed E-state index contributed by atoms with van der Waals surface area (Å²) in [6.45, 7) is 8.16. The molecule has 186 valence electrons. The van der Waals surface area contributed by atoms with Crippen molar-refractivity contribution in [3.63, 3.8) is 0 Å². The van der Waals surface area contributed by atoms with Crippen LogP contribution in [-0.2, 0) is 41.4 Å². The first-order valence-electron chi connectivity index (χ1n) is 9.51. The van der Waals surface area contributed by atoms with Crippen molar-refractivity contribution in [2.45, 2.75) is 40.0 Å². The van der Waals surface area contributed by atoms with Gasteiger partial charge in [0.15, 0.2) is 0 Å². The van der Waals surface area contributed by atoms with E-state index in [1.54, 1.807) is 0 Å². The van der Waals surface area contributed by atoms with E-state index in [1.165, 1.54) is 18.4 Å². The second-order valence-electron chi connectivity index (χ2n) is 6.33. The van der Waals surface area contributed by atoms with Gasteiger partial charge in [0.05, 0.1) is 0 Å². The summed E-state index contributed by atoms with van der Waals surface area (Å²) in [6.07, 6.45) is 5.44. The zero-order chi connectivity index (χ0) is 24.2. The number of rotatable bonds is 6. The topological polar surface area (TPSA) is 16.1 Å². The van der Waals surface area contributed by atoms with Gasteiger partial charge in [-0.1, -0.05) is 36.2 Å². The number of hydrogen-bond donors (Lipinski definition) is 0. The predicted octanol–water partition coefficient (Wildman–Crippen LogP) is 8.43. The fraction of sp³-hybridized carbons (Fsp3) is 0.400. The van der Waals surface area contributed by atoms with Crippen LogP contribution in [0.15, 0.2) is 42.6 Å².